The zero-order valence-corrected chi connectivity index (χ0v) is 17.0. The molecule has 0 radical (unpaired) electrons. The molecule has 8 nitrogen and oxygen atoms in total. The highest BCUT2D eigenvalue weighted by atomic mass is 16.5. The number of hydrogen-bond acceptors (Lipinski definition) is 5. The van der Waals surface area contributed by atoms with Crippen LogP contribution in [0.25, 0.3) is 28.1 Å². The van der Waals surface area contributed by atoms with Gasteiger partial charge in [0.2, 0.25) is 5.88 Å². The van der Waals surface area contributed by atoms with Crippen molar-refractivity contribution >= 4 is 11.0 Å². The molecule has 4 heterocycles. The van der Waals surface area contributed by atoms with E-state index in [0.29, 0.717) is 40.8 Å². The Morgan fingerprint density at radius 3 is 2.77 bits per heavy atom. The Hall–Kier alpha value is -3.42. The van der Waals surface area contributed by atoms with E-state index < -0.39 is 0 Å². The highest BCUT2D eigenvalue weighted by Crippen LogP contribution is 2.41. The van der Waals surface area contributed by atoms with Crippen molar-refractivity contribution in [3.63, 3.8) is 0 Å². The van der Waals surface area contributed by atoms with Gasteiger partial charge in [0.05, 0.1) is 24.1 Å². The highest BCUT2D eigenvalue weighted by molar-refractivity contribution is 5.77. The third-order valence-electron chi connectivity index (χ3n) is 5.98. The zero-order chi connectivity index (χ0) is 20.4. The first-order valence-electron chi connectivity index (χ1n) is 10.4. The van der Waals surface area contributed by atoms with Gasteiger partial charge in [0, 0.05) is 19.2 Å². The van der Waals surface area contributed by atoms with Crippen LogP contribution in [0.2, 0.25) is 0 Å². The topological polar surface area (TPSA) is 90.6 Å². The van der Waals surface area contributed by atoms with Crippen LogP contribution in [0.1, 0.15) is 41.9 Å². The van der Waals surface area contributed by atoms with Crippen LogP contribution in [0.5, 0.6) is 5.88 Å². The average molecular weight is 402 g/mol. The lowest BCUT2D eigenvalue weighted by Crippen LogP contribution is -2.15. The highest BCUT2D eigenvalue weighted by Gasteiger charge is 2.25. The SMILES string of the molecule is Cc1cc(C2CC2)cc(C)c1-n1cc2c(=O)[nH]c(-c3cnn4c3OCCC4)nc2n1. The van der Waals surface area contributed by atoms with Gasteiger partial charge in [-0.3, -0.25) is 4.79 Å². The molecule has 152 valence electrons. The molecule has 1 saturated carbocycles. The molecule has 0 saturated heterocycles. The van der Waals surface area contributed by atoms with Crippen LogP contribution in [0.15, 0.2) is 29.3 Å². The molecule has 0 spiro atoms. The second-order valence-corrected chi connectivity index (χ2v) is 8.29. The van der Waals surface area contributed by atoms with Gasteiger partial charge >= 0.3 is 0 Å². The van der Waals surface area contributed by atoms with Gasteiger partial charge in [0.25, 0.3) is 5.56 Å². The van der Waals surface area contributed by atoms with Crippen molar-refractivity contribution in [1.82, 2.24) is 29.5 Å². The fourth-order valence-corrected chi connectivity index (χ4v) is 4.39. The predicted octanol–water partition coefficient (Wildman–Crippen LogP) is 3.25. The van der Waals surface area contributed by atoms with E-state index >= 15 is 0 Å². The van der Waals surface area contributed by atoms with Crippen molar-refractivity contribution in [2.45, 2.75) is 45.6 Å². The van der Waals surface area contributed by atoms with E-state index in [0.717, 1.165) is 29.8 Å². The molecule has 1 fully saturated rings. The van der Waals surface area contributed by atoms with E-state index in [1.165, 1.54) is 18.4 Å². The summed E-state index contributed by atoms with van der Waals surface area (Å²) in [4.78, 5) is 20.3. The van der Waals surface area contributed by atoms with Crippen LogP contribution in [0, 0.1) is 13.8 Å². The molecule has 0 amide bonds. The summed E-state index contributed by atoms with van der Waals surface area (Å²) in [5, 5.41) is 9.47. The van der Waals surface area contributed by atoms with Gasteiger partial charge in [-0.1, -0.05) is 12.1 Å². The lowest BCUT2D eigenvalue weighted by molar-refractivity contribution is 0.231. The van der Waals surface area contributed by atoms with Crippen molar-refractivity contribution in [1.29, 1.82) is 0 Å². The van der Waals surface area contributed by atoms with Crippen LogP contribution in [0.3, 0.4) is 0 Å². The van der Waals surface area contributed by atoms with Crippen LogP contribution < -0.4 is 10.3 Å². The minimum absolute atomic E-state index is 0.220. The number of aromatic amines is 1. The molecule has 0 atom stereocenters. The first kappa shape index (κ1) is 17.4. The summed E-state index contributed by atoms with van der Waals surface area (Å²) in [5.74, 6) is 1.77. The third kappa shape index (κ3) is 2.67. The molecule has 6 rings (SSSR count). The maximum absolute atomic E-state index is 12.8. The maximum Gasteiger partial charge on any atom is 0.262 e. The van der Waals surface area contributed by atoms with E-state index in [1.807, 2.05) is 0 Å². The second kappa shape index (κ2) is 6.29. The summed E-state index contributed by atoms with van der Waals surface area (Å²) in [6.07, 6.45) is 6.91. The quantitative estimate of drug-likeness (QED) is 0.568. The van der Waals surface area contributed by atoms with Gasteiger partial charge in [-0.15, -0.1) is 5.10 Å². The van der Waals surface area contributed by atoms with E-state index in [2.05, 4.69) is 46.1 Å². The molecule has 1 aromatic carbocycles. The number of nitrogens with one attached hydrogen (secondary N) is 1. The summed E-state index contributed by atoms with van der Waals surface area (Å²) in [6, 6.07) is 4.48. The molecule has 8 heteroatoms. The van der Waals surface area contributed by atoms with Gasteiger partial charge in [0.1, 0.15) is 11.2 Å². The molecule has 0 unspecified atom stereocenters. The lowest BCUT2D eigenvalue weighted by atomic mass is 10.0. The first-order valence-corrected chi connectivity index (χ1v) is 10.4. The number of hydrogen-bond donors (Lipinski definition) is 1. The Kier molecular flexibility index (Phi) is 3.65. The van der Waals surface area contributed by atoms with E-state index in [1.54, 1.807) is 21.8 Å². The number of ether oxygens (including phenoxy) is 1. The average Bonchev–Trinajstić information content (AvgIpc) is 3.35. The predicted molar refractivity (Wildman–Crippen MR) is 112 cm³/mol. The molecule has 2 aliphatic rings. The van der Waals surface area contributed by atoms with Gasteiger partial charge in [-0.05, 0) is 49.3 Å². The Balaban J connectivity index is 1.47. The molecular weight excluding hydrogens is 380 g/mol. The van der Waals surface area contributed by atoms with Crippen LogP contribution in [-0.2, 0) is 6.54 Å². The third-order valence-corrected chi connectivity index (χ3v) is 5.98. The Morgan fingerprint density at radius 1 is 1.20 bits per heavy atom. The Bertz CT molecular complexity index is 1330. The van der Waals surface area contributed by atoms with E-state index in [9.17, 15) is 4.79 Å². The fraction of sp³-hybridized carbons (Fsp3) is 0.364. The van der Waals surface area contributed by atoms with E-state index in [4.69, 9.17) is 4.74 Å². The van der Waals surface area contributed by atoms with Crippen molar-refractivity contribution in [2.75, 3.05) is 6.61 Å². The van der Waals surface area contributed by atoms with Crippen molar-refractivity contribution in [3.8, 4) is 23.0 Å². The summed E-state index contributed by atoms with van der Waals surface area (Å²) in [5.41, 5.74) is 5.58. The Labute approximate surface area is 172 Å². The van der Waals surface area contributed by atoms with Gasteiger partial charge < -0.3 is 9.72 Å². The van der Waals surface area contributed by atoms with Crippen LogP contribution >= 0.6 is 0 Å². The minimum Gasteiger partial charge on any atom is -0.477 e. The first-order chi connectivity index (χ1) is 14.6. The van der Waals surface area contributed by atoms with Gasteiger partial charge in [-0.2, -0.15) is 5.10 Å². The molecule has 1 aliphatic heterocycles. The van der Waals surface area contributed by atoms with Crippen molar-refractivity contribution < 1.29 is 4.74 Å². The number of nitrogens with zero attached hydrogens (tertiary/aromatic N) is 5. The van der Waals surface area contributed by atoms with E-state index in [-0.39, 0.29) is 5.56 Å². The number of aromatic nitrogens is 6. The van der Waals surface area contributed by atoms with Crippen molar-refractivity contribution in [2.24, 2.45) is 0 Å². The number of rotatable bonds is 3. The van der Waals surface area contributed by atoms with Crippen LogP contribution in [-0.4, -0.2) is 36.1 Å². The summed E-state index contributed by atoms with van der Waals surface area (Å²) in [6.45, 7) is 5.63. The summed E-state index contributed by atoms with van der Waals surface area (Å²) < 4.78 is 9.34. The molecular formula is C22H22N6O2. The molecule has 3 aromatic heterocycles. The van der Waals surface area contributed by atoms with Gasteiger partial charge in [-0.25, -0.2) is 14.3 Å². The van der Waals surface area contributed by atoms with Gasteiger partial charge in [0.15, 0.2) is 5.65 Å². The van der Waals surface area contributed by atoms with Crippen LogP contribution in [0.4, 0.5) is 0 Å². The molecule has 4 aromatic rings. The summed E-state index contributed by atoms with van der Waals surface area (Å²) in [7, 11) is 0. The smallest absolute Gasteiger partial charge is 0.262 e. The lowest BCUT2D eigenvalue weighted by Gasteiger charge is -2.15. The Morgan fingerprint density at radius 2 is 2.00 bits per heavy atom. The number of benzene rings is 1. The normalized spacial score (nSPS) is 15.9. The molecule has 1 N–H and O–H groups in total. The number of H-pyrrole nitrogens is 1. The maximum atomic E-state index is 12.8. The van der Waals surface area contributed by atoms with Crippen molar-refractivity contribution in [3.05, 3.63) is 51.6 Å². The zero-order valence-electron chi connectivity index (χ0n) is 17.0. The molecule has 1 aliphatic carbocycles. The largest absolute Gasteiger partial charge is 0.477 e. The number of aryl methyl sites for hydroxylation is 3. The summed E-state index contributed by atoms with van der Waals surface area (Å²) >= 11 is 0. The minimum atomic E-state index is -0.220. The standard InChI is InChI=1S/C22H22N6O2/c1-12-8-15(14-4-5-14)9-13(2)18(12)28-11-17-20(26-28)24-19(25-21(17)29)16-10-23-27-6-3-7-30-22(16)27/h8-11,14H,3-7H2,1-2H3,(H,24,25,26,29). The molecule has 0 bridgehead atoms. The number of fused-ring (bicyclic) bond motifs is 2. The fourth-order valence-electron chi connectivity index (χ4n) is 4.39. The monoisotopic (exact) mass is 402 g/mol. The second-order valence-electron chi connectivity index (χ2n) is 8.29. The molecule has 30 heavy (non-hydrogen) atoms.